The highest BCUT2D eigenvalue weighted by Crippen LogP contribution is 2.12. The van der Waals surface area contributed by atoms with Crippen molar-refractivity contribution in [2.45, 2.75) is 11.4 Å². The van der Waals surface area contributed by atoms with Crippen molar-refractivity contribution in [2.24, 2.45) is 5.14 Å². The van der Waals surface area contributed by atoms with Crippen LogP contribution in [0.1, 0.15) is 5.56 Å². The molecule has 112 valence electrons. The fraction of sp³-hybridized carbons (Fsp3) is 0.231. The van der Waals surface area contributed by atoms with Crippen molar-refractivity contribution in [1.29, 1.82) is 0 Å². The number of rotatable bonds is 5. The van der Waals surface area contributed by atoms with E-state index in [4.69, 9.17) is 5.14 Å². The van der Waals surface area contributed by atoms with Crippen LogP contribution < -0.4 is 15.4 Å². The number of benzene rings is 1. The Hall–Kier alpha value is -2.19. The van der Waals surface area contributed by atoms with Gasteiger partial charge in [-0.2, -0.15) is 4.98 Å². The van der Waals surface area contributed by atoms with Crippen LogP contribution in [0.5, 0.6) is 0 Å². The molecular formula is C13H17N5O2S. The summed E-state index contributed by atoms with van der Waals surface area (Å²) in [7, 11) is 0.0840. The fourth-order valence-corrected chi connectivity index (χ4v) is 2.17. The lowest BCUT2D eigenvalue weighted by molar-refractivity contribution is 0.598. The second-order valence-electron chi connectivity index (χ2n) is 4.68. The normalized spacial score (nSPS) is 11.2. The highest BCUT2D eigenvalue weighted by atomic mass is 32.2. The summed E-state index contributed by atoms with van der Waals surface area (Å²) in [6, 6.07) is 8.16. The summed E-state index contributed by atoms with van der Waals surface area (Å²) in [6.45, 7) is 0.523. The number of nitrogens with two attached hydrogens (primary N) is 1. The average molecular weight is 307 g/mol. The van der Waals surface area contributed by atoms with Crippen molar-refractivity contribution in [1.82, 2.24) is 9.97 Å². The number of hydrogen-bond acceptors (Lipinski definition) is 6. The Morgan fingerprint density at radius 1 is 1.19 bits per heavy atom. The van der Waals surface area contributed by atoms with Gasteiger partial charge in [0, 0.05) is 26.8 Å². The number of nitrogens with one attached hydrogen (secondary N) is 1. The van der Waals surface area contributed by atoms with E-state index in [1.165, 1.54) is 12.1 Å². The van der Waals surface area contributed by atoms with Crippen molar-refractivity contribution >= 4 is 21.8 Å². The van der Waals surface area contributed by atoms with Gasteiger partial charge in [0.15, 0.2) is 0 Å². The largest absolute Gasteiger partial charge is 0.366 e. The van der Waals surface area contributed by atoms with Gasteiger partial charge in [-0.1, -0.05) is 12.1 Å². The van der Waals surface area contributed by atoms with Crippen LogP contribution in [0.4, 0.5) is 11.8 Å². The van der Waals surface area contributed by atoms with Crippen LogP contribution in [0.2, 0.25) is 0 Å². The van der Waals surface area contributed by atoms with E-state index in [0.29, 0.717) is 18.3 Å². The zero-order valence-corrected chi connectivity index (χ0v) is 12.6. The van der Waals surface area contributed by atoms with Crippen molar-refractivity contribution in [3.05, 3.63) is 42.1 Å². The van der Waals surface area contributed by atoms with E-state index in [1.54, 1.807) is 24.4 Å². The topological polar surface area (TPSA) is 101 Å². The first kappa shape index (κ1) is 15.2. The molecule has 7 nitrogen and oxygen atoms in total. The summed E-state index contributed by atoms with van der Waals surface area (Å²) >= 11 is 0. The highest BCUT2D eigenvalue weighted by Gasteiger charge is 2.07. The zero-order chi connectivity index (χ0) is 15.5. The molecule has 2 rings (SSSR count). The van der Waals surface area contributed by atoms with Gasteiger partial charge in [-0.15, -0.1) is 0 Å². The minimum atomic E-state index is -3.65. The molecule has 0 aliphatic rings. The molecule has 0 radical (unpaired) electrons. The van der Waals surface area contributed by atoms with Crippen molar-refractivity contribution in [3.63, 3.8) is 0 Å². The second-order valence-corrected chi connectivity index (χ2v) is 6.24. The monoisotopic (exact) mass is 307 g/mol. The quantitative estimate of drug-likeness (QED) is 0.847. The summed E-state index contributed by atoms with van der Waals surface area (Å²) in [5.74, 6) is 1.31. The SMILES string of the molecule is CN(C)c1nccc(NCc2ccc(S(N)(=O)=O)cc2)n1. The number of sulfonamides is 1. The number of nitrogens with zero attached hydrogens (tertiary/aromatic N) is 3. The van der Waals surface area contributed by atoms with E-state index < -0.39 is 10.0 Å². The van der Waals surface area contributed by atoms with Crippen LogP contribution in [-0.4, -0.2) is 32.5 Å². The maximum atomic E-state index is 11.2. The molecule has 0 aliphatic carbocycles. The lowest BCUT2D eigenvalue weighted by Crippen LogP contribution is -2.14. The minimum Gasteiger partial charge on any atom is -0.366 e. The van der Waals surface area contributed by atoms with Crippen LogP contribution in [-0.2, 0) is 16.6 Å². The molecule has 8 heteroatoms. The predicted octanol–water partition coefficient (Wildman–Crippen LogP) is 0.802. The Bertz CT molecular complexity index is 714. The summed E-state index contributed by atoms with van der Waals surface area (Å²) in [5, 5.41) is 8.21. The fourth-order valence-electron chi connectivity index (χ4n) is 1.65. The van der Waals surface area contributed by atoms with E-state index in [0.717, 1.165) is 5.56 Å². The Kier molecular flexibility index (Phi) is 4.39. The summed E-state index contributed by atoms with van der Waals surface area (Å²) in [5.41, 5.74) is 0.924. The van der Waals surface area contributed by atoms with Gasteiger partial charge in [-0.3, -0.25) is 0 Å². The third-order valence-electron chi connectivity index (χ3n) is 2.77. The molecule has 1 aromatic carbocycles. The molecule has 2 aromatic rings. The van der Waals surface area contributed by atoms with Gasteiger partial charge in [0.05, 0.1) is 4.90 Å². The van der Waals surface area contributed by atoms with E-state index in [1.807, 2.05) is 19.0 Å². The van der Waals surface area contributed by atoms with E-state index in [-0.39, 0.29) is 4.90 Å². The lowest BCUT2D eigenvalue weighted by Gasteiger charge is -2.11. The third kappa shape index (κ3) is 4.14. The molecule has 21 heavy (non-hydrogen) atoms. The molecule has 0 aliphatic heterocycles. The molecule has 0 bridgehead atoms. The van der Waals surface area contributed by atoms with E-state index >= 15 is 0 Å². The molecule has 3 N–H and O–H groups in total. The van der Waals surface area contributed by atoms with E-state index in [9.17, 15) is 8.42 Å². The lowest BCUT2D eigenvalue weighted by atomic mass is 10.2. The van der Waals surface area contributed by atoms with Crippen molar-refractivity contribution < 1.29 is 8.42 Å². The van der Waals surface area contributed by atoms with Crippen LogP contribution in [0, 0.1) is 0 Å². The Morgan fingerprint density at radius 2 is 1.86 bits per heavy atom. The van der Waals surface area contributed by atoms with Crippen molar-refractivity contribution in [2.75, 3.05) is 24.3 Å². The Balaban J connectivity index is 2.05. The maximum absolute atomic E-state index is 11.2. The van der Waals surface area contributed by atoms with Crippen LogP contribution >= 0.6 is 0 Å². The van der Waals surface area contributed by atoms with Gasteiger partial charge < -0.3 is 10.2 Å². The van der Waals surface area contributed by atoms with Gasteiger partial charge in [-0.05, 0) is 23.8 Å². The van der Waals surface area contributed by atoms with Gasteiger partial charge in [0.25, 0.3) is 0 Å². The molecule has 0 saturated carbocycles. The molecule has 0 amide bonds. The number of aromatic nitrogens is 2. The molecule has 0 spiro atoms. The summed E-state index contributed by atoms with van der Waals surface area (Å²) < 4.78 is 22.3. The zero-order valence-electron chi connectivity index (χ0n) is 11.8. The molecular weight excluding hydrogens is 290 g/mol. The molecule has 0 saturated heterocycles. The maximum Gasteiger partial charge on any atom is 0.238 e. The molecule has 0 fully saturated rings. The Morgan fingerprint density at radius 3 is 2.43 bits per heavy atom. The molecule has 1 aromatic heterocycles. The van der Waals surface area contributed by atoms with E-state index in [2.05, 4.69) is 15.3 Å². The number of anilines is 2. The summed E-state index contributed by atoms with van der Waals surface area (Å²) in [4.78, 5) is 10.4. The Labute approximate surface area is 123 Å². The standard InChI is InChI=1S/C13H17N5O2S/c1-18(2)13-15-8-7-12(17-13)16-9-10-3-5-11(6-4-10)21(14,19)20/h3-8H,9H2,1-2H3,(H2,14,19,20)(H,15,16,17). The first-order chi connectivity index (χ1) is 9.86. The van der Waals surface area contributed by atoms with Gasteiger partial charge in [0.1, 0.15) is 5.82 Å². The van der Waals surface area contributed by atoms with Gasteiger partial charge in [0.2, 0.25) is 16.0 Å². The highest BCUT2D eigenvalue weighted by molar-refractivity contribution is 7.89. The first-order valence-electron chi connectivity index (χ1n) is 6.22. The average Bonchev–Trinajstić information content (AvgIpc) is 2.45. The van der Waals surface area contributed by atoms with Crippen LogP contribution in [0.25, 0.3) is 0 Å². The smallest absolute Gasteiger partial charge is 0.238 e. The third-order valence-corrected chi connectivity index (χ3v) is 3.70. The van der Waals surface area contributed by atoms with Gasteiger partial charge in [-0.25, -0.2) is 18.5 Å². The molecule has 1 heterocycles. The predicted molar refractivity (Wildman–Crippen MR) is 81.5 cm³/mol. The van der Waals surface area contributed by atoms with Gasteiger partial charge >= 0.3 is 0 Å². The van der Waals surface area contributed by atoms with Crippen molar-refractivity contribution in [3.8, 4) is 0 Å². The van der Waals surface area contributed by atoms with Crippen LogP contribution in [0.15, 0.2) is 41.4 Å². The van der Waals surface area contributed by atoms with Crippen LogP contribution in [0.3, 0.4) is 0 Å². The molecule has 0 atom stereocenters. The minimum absolute atomic E-state index is 0.100. The molecule has 0 unspecified atom stereocenters. The first-order valence-corrected chi connectivity index (χ1v) is 7.77. The second kappa shape index (κ2) is 6.06. The number of hydrogen-bond donors (Lipinski definition) is 2. The summed E-state index contributed by atoms with van der Waals surface area (Å²) in [6.07, 6.45) is 1.68. The number of primary sulfonamides is 1.